The van der Waals surface area contributed by atoms with Crippen molar-refractivity contribution in [1.29, 1.82) is 0 Å². The summed E-state index contributed by atoms with van der Waals surface area (Å²) in [6, 6.07) is 4.11. The third kappa shape index (κ3) is 3.33. The Morgan fingerprint density at radius 3 is 2.50 bits per heavy atom. The van der Waals surface area contributed by atoms with E-state index in [9.17, 15) is 4.79 Å². The molecule has 1 aromatic heterocycles. The minimum Gasteiger partial charge on any atom is -0.336 e. The summed E-state index contributed by atoms with van der Waals surface area (Å²) in [4.78, 5) is 17.9. The van der Waals surface area contributed by atoms with Crippen LogP contribution in [0.15, 0.2) is 24.5 Å². The van der Waals surface area contributed by atoms with Gasteiger partial charge in [0.2, 0.25) is 5.91 Å². The molecule has 0 unspecified atom stereocenters. The Morgan fingerprint density at radius 2 is 2.06 bits per heavy atom. The predicted octanol–water partition coefficient (Wildman–Crippen LogP) is 2.47. The summed E-state index contributed by atoms with van der Waals surface area (Å²) in [5.74, 6) is 0.234. The molecule has 0 atom stereocenters. The van der Waals surface area contributed by atoms with Crippen LogP contribution < -0.4 is 0 Å². The number of carbonyl (C=O) groups excluding carboxylic acids is 1. The summed E-state index contributed by atoms with van der Waals surface area (Å²) >= 11 is 0. The van der Waals surface area contributed by atoms with Crippen molar-refractivity contribution in [1.82, 2.24) is 9.88 Å². The van der Waals surface area contributed by atoms with Crippen molar-refractivity contribution in [2.75, 3.05) is 0 Å². The van der Waals surface area contributed by atoms with Crippen molar-refractivity contribution in [3.63, 3.8) is 0 Å². The lowest BCUT2D eigenvalue weighted by atomic mass is 10.1. The molecule has 0 radical (unpaired) electrons. The van der Waals surface area contributed by atoms with Gasteiger partial charge in [-0.2, -0.15) is 0 Å². The minimum atomic E-state index is 0.0408. The van der Waals surface area contributed by atoms with Gasteiger partial charge in [-0.1, -0.05) is 19.9 Å². The average Bonchev–Trinajstić information content (AvgIpc) is 2.26. The second kappa shape index (κ2) is 5.64. The largest absolute Gasteiger partial charge is 0.336 e. The van der Waals surface area contributed by atoms with E-state index < -0.39 is 0 Å². The molecule has 0 aliphatic carbocycles. The van der Waals surface area contributed by atoms with Gasteiger partial charge >= 0.3 is 0 Å². The Kier molecular flexibility index (Phi) is 4.47. The monoisotopic (exact) mass is 220 g/mol. The van der Waals surface area contributed by atoms with Gasteiger partial charge in [-0.15, -0.1) is 0 Å². The first kappa shape index (κ1) is 12.7. The first-order valence-electron chi connectivity index (χ1n) is 5.71. The Morgan fingerprint density at radius 1 is 1.38 bits per heavy atom. The van der Waals surface area contributed by atoms with E-state index in [4.69, 9.17) is 0 Å². The molecule has 3 nitrogen and oxygen atoms in total. The van der Waals surface area contributed by atoms with Crippen LogP contribution in [0.5, 0.6) is 0 Å². The second-order valence-corrected chi connectivity index (χ2v) is 4.58. The molecular weight excluding hydrogens is 200 g/mol. The van der Waals surface area contributed by atoms with Crippen LogP contribution >= 0.6 is 0 Å². The highest BCUT2D eigenvalue weighted by molar-refractivity contribution is 5.78. The number of aromatic nitrogens is 1. The predicted molar refractivity (Wildman–Crippen MR) is 64.8 cm³/mol. The molecule has 0 bridgehead atoms. The Hall–Kier alpha value is -1.38. The first-order chi connectivity index (χ1) is 7.52. The maximum atomic E-state index is 12.0. The molecule has 0 fully saturated rings. The van der Waals surface area contributed by atoms with Crippen LogP contribution in [0.4, 0.5) is 0 Å². The first-order valence-corrected chi connectivity index (χ1v) is 5.71. The number of nitrogens with zero attached hydrogens (tertiary/aromatic N) is 2. The van der Waals surface area contributed by atoms with E-state index in [1.165, 1.54) is 0 Å². The molecule has 0 aliphatic heterocycles. The second-order valence-electron chi connectivity index (χ2n) is 4.58. The lowest BCUT2D eigenvalue weighted by Crippen LogP contribution is -2.38. The minimum absolute atomic E-state index is 0.0408. The van der Waals surface area contributed by atoms with Gasteiger partial charge < -0.3 is 4.90 Å². The van der Waals surface area contributed by atoms with Gasteiger partial charge in [-0.25, -0.2) is 0 Å². The number of rotatable bonds is 4. The Balaban J connectivity index is 2.77. The summed E-state index contributed by atoms with van der Waals surface area (Å²) in [5, 5.41) is 0. The van der Waals surface area contributed by atoms with Crippen molar-refractivity contribution in [3.05, 3.63) is 30.1 Å². The van der Waals surface area contributed by atoms with Crippen LogP contribution in [-0.4, -0.2) is 21.8 Å². The summed E-state index contributed by atoms with van der Waals surface area (Å²) < 4.78 is 0. The van der Waals surface area contributed by atoms with E-state index in [0.717, 1.165) is 5.56 Å². The fraction of sp³-hybridized carbons (Fsp3) is 0.538. The number of hydrogen-bond donors (Lipinski definition) is 0. The quantitative estimate of drug-likeness (QED) is 0.781. The normalized spacial score (nSPS) is 10.9. The van der Waals surface area contributed by atoms with Crippen LogP contribution in [0.1, 0.15) is 33.3 Å². The van der Waals surface area contributed by atoms with Gasteiger partial charge in [0, 0.05) is 30.9 Å². The summed E-state index contributed by atoms with van der Waals surface area (Å²) in [6.45, 7) is 8.58. The highest BCUT2D eigenvalue weighted by Gasteiger charge is 2.19. The standard InChI is InChI=1S/C13H20N2O/c1-10(2)13(16)15(11(3)4)9-12-6-5-7-14-8-12/h5-8,10-11H,9H2,1-4H3. The number of hydrogen-bond acceptors (Lipinski definition) is 2. The van der Waals surface area contributed by atoms with E-state index in [1.54, 1.807) is 6.20 Å². The number of pyridine rings is 1. The van der Waals surface area contributed by atoms with E-state index in [2.05, 4.69) is 4.98 Å². The van der Waals surface area contributed by atoms with Crippen molar-refractivity contribution < 1.29 is 4.79 Å². The van der Waals surface area contributed by atoms with Crippen LogP contribution in [0.2, 0.25) is 0 Å². The molecule has 1 heterocycles. The van der Waals surface area contributed by atoms with E-state index >= 15 is 0 Å². The van der Waals surface area contributed by atoms with E-state index in [-0.39, 0.29) is 17.9 Å². The number of carbonyl (C=O) groups is 1. The molecule has 0 aromatic carbocycles. The average molecular weight is 220 g/mol. The molecule has 0 saturated heterocycles. The molecule has 1 rings (SSSR count). The smallest absolute Gasteiger partial charge is 0.225 e. The molecule has 88 valence electrons. The third-order valence-electron chi connectivity index (χ3n) is 2.48. The van der Waals surface area contributed by atoms with Crippen molar-refractivity contribution in [3.8, 4) is 0 Å². The van der Waals surface area contributed by atoms with Gasteiger partial charge in [0.25, 0.3) is 0 Å². The number of amides is 1. The molecule has 1 amide bonds. The maximum absolute atomic E-state index is 12.0. The molecule has 3 heteroatoms. The fourth-order valence-electron chi connectivity index (χ4n) is 1.53. The molecule has 1 aromatic rings. The van der Waals surface area contributed by atoms with Crippen LogP contribution in [0.25, 0.3) is 0 Å². The van der Waals surface area contributed by atoms with Gasteiger partial charge in [-0.05, 0) is 25.5 Å². The lowest BCUT2D eigenvalue weighted by molar-refractivity contribution is -0.136. The molecule has 16 heavy (non-hydrogen) atoms. The Bertz CT molecular complexity index is 333. The van der Waals surface area contributed by atoms with Crippen molar-refractivity contribution >= 4 is 5.91 Å². The highest BCUT2D eigenvalue weighted by Crippen LogP contribution is 2.11. The maximum Gasteiger partial charge on any atom is 0.225 e. The van der Waals surface area contributed by atoms with Gasteiger partial charge in [0.05, 0.1) is 0 Å². The highest BCUT2D eigenvalue weighted by atomic mass is 16.2. The molecule has 0 saturated carbocycles. The zero-order valence-electron chi connectivity index (χ0n) is 10.5. The van der Waals surface area contributed by atoms with Gasteiger partial charge in [0.15, 0.2) is 0 Å². The molecule has 0 aliphatic rings. The zero-order valence-corrected chi connectivity index (χ0v) is 10.5. The summed E-state index contributed by atoms with van der Waals surface area (Å²) in [6.07, 6.45) is 3.55. The van der Waals surface area contributed by atoms with Crippen LogP contribution in [-0.2, 0) is 11.3 Å². The third-order valence-corrected chi connectivity index (χ3v) is 2.48. The van der Waals surface area contributed by atoms with Crippen molar-refractivity contribution in [2.24, 2.45) is 5.92 Å². The van der Waals surface area contributed by atoms with E-state index in [1.807, 2.05) is 50.9 Å². The molecular formula is C13H20N2O. The van der Waals surface area contributed by atoms with Gasteiger partial charge in [-0.3, -0.25) is 9.78 Å². The SMILES string of the molecule is CC(C)C(=O)N(Cc1cccnc1)C(C)C. The summed E-state index contributed by atoms with van der Waals surface area (Å²) in [5.41, 5.74) is 1.07. The Labute approximate surface area is 97.5 Å². The van der Waals surface area contributed by atoms with Gasteiger partial charge in [0.1, 0.15) is 0 Å². The van der Waals surface area contributed by atoms with Crippen LogP contribution in [0, 0.1) is 5.92 Å². The topological polar surface area (TPSA) is 33.2 Å². The molecule has 0 spiro atoms. The summed E-state index contributed by atoms with van der Waals surface area (Å²) in [7, 11) is 0. The molecule has 0 N–H and O–H groups in total. The zero-order chi connectivity index (χ0) is 12.1. The van der Waals surface area contributed by atoms with Crippen molar-refractivity contribution in [2.45, 2.75) is 40.3 Å². The lowest BCUT2D eigenvalue weighted by Gasteiger charge is -2.28. The van der Waals surface area contributed by atoms with Crippen LogP contribution in [0.3, 0.4) is 0 Å². The fourth-order valence-corrected chi connectivity index (χ4v) is 1.53. The van der Waals surface area contributed by atoms with E-state index in [0.29, 0.717) is 6.54 Å².